The second kappa shape index (κ2) is 19.0. The topological polar surface area (TPSA) is 179 Å². The number of nitrogens with zero attached hydrogens (tertiary/aromatic N) is 1. The van der Waals surface area contributed by atoms with Crippen LogP contribution in [-0.4, -0.2) is 90.8 Å². The van der Waals surface area contributed by atoms with Crippen LogP contribution >= 0.6 is 0 Å². The fourth-order valence-electron chi connectivity index (χ4n) is 5.20. The number of aliphatic hydroxyl groups excluding tert-OH is 2. The van der Waals surface area contributed by atoms with E-state index in [9.17, 15) is 29.4 Å². The van der Waals surface area contributed by atoms with Crippen LogP contribution in [0.25, 0.3) is 11.1 Å². The van der Waals surface area contributed by atoms with Gasteiger partial charge in [-0.2, -0.15) is 0 Å². The lowest BCUT2D eigenvalue weighted by molar-refractivity contribution is -0.132. The van der Waals surface area contributed by atoms with E-state index in [1.54, 1.807) is 59.9 Å². The van der Waals surface area contributed by atoms with Gasteiger partial charge in [0.25, 0.3) is 5.91 Å². The third-order valence-electron chi connectivity index (χ3n) is 8.15. The summed E-state index contributed by atoms with van der Waals surface area (Å²) in [4.78, 5) is 53.7. The molecule has 0 spiro atoms. The molecule has 52 heavy (non-hydrogen) atoms. The van der Waals surface area contributed by atoms with E-state index in [4.69, 9.17) is 16.4 Å². The maximum Gasteiger partial charge on any atom is 0.407 e. The summed E-state index contributed by atoms with van der Waals surface area (Å²) in [6, 6.07) is 18.4. The van der Waals surface area contributed by atoms with Gasteiger partial charge in [-0.25, -0.2) is 14.6 Å². The molecule has 3 rings (SSSR count). The Morgan fingerprint density at radius 3 is 1.92 bits per heavy atom. The highest BCUT2D eigenvalue weighted by Gasteiger charge is 2.39. The third kappa shape index (κ3) is 12.4. The van der Waals surface area contributed by atoms with E-state index in [-0.39, 0.29) is 13.0 Å². The summed E-state index contributed by atoms with van der Waals surface area (Å²) < 4.78 is 105. The van der Waals surface area contributed by atoms with Crippen LogP contribution in [0.15, 0.2) is 84.9 Å². The van der Waals surface area contributed by atoms with Gasteiger partial charge in [-0.3, -0.25) is 15.0 Å². The molecule has 13 nitrogen and oxygen atoms in total. The molecule has 0 aromatic heterocycles. The predicted molar refractivity (Wildman–Crippen MR) is 197 cm³/mol. The number of aliphatic hydroxyl groups is 2. The molecular formula is C39H53N5O8. The minimum absolute atomic E-state index is 0.1000. The van der Waals surface area contributed by atoms with Crippen molar-refractivity contribution in [2.75, 3.05) is 27.3 Å². The molecule has 0 radical (unpaired) electrons. The highest BCUT2D eigenvalue weighted by atomic mass is 16.5. The molecule has 0 heterocycles. The summed E-state index contributed by atoms with van der Waals surface area (Å²) in [7, 11) is -2.46. The Labute approximate surface area is 322 Å². The van der Waals surface area contributed by atoms with Gasteiger partial charge in [0.2, 0.25) is 5.91 Å². The van der Waals surface area contributed by atoms with Crippen LogP contribution in [0.4, 0.5) is 9.59 Å². The molecule has 6 N–H and O–H groups in total. The van der Waals surface area contributed by atoms with Crippen molar-refractivity contribution in [1.29, 1.82) is 0 Å². The number of carbonyl (C=O) groups excluding carboxylic acids is 4. The van der Waals surface area contributed by atoms with Crippen LogP contribution in [-0.2, 0) is 32.0 Å². The Bertz CT molecular complexity index is 1980. The molecule has 4 atom stereocenters. The van der Waals surface area contributed by atoms with Crippen molar-refractivity contribution in [3.8, 4) is 11.1 Å². The first-order valence-corrected chi connectivity index (χ1v) is 16.1. The molecule has 0 fully saturated rings. The minimum atomic E-state index is -4.11. The maximum atomic E-state index is 14.5. The number of methoxy groups -OCH3 is 2. The van der Waals surface area contributed by atoms with Crippen molar-refractivity contribution in [3.05, 3.63) is 96.1 Å². The van der Waals surface area contributed by atoms with Gasteiger partial charge in [-0.05, 0) is 34.1 Å². The number of hydrogen-bond acceptors (Lipinski definition) is 9. The molecule has 0 aliphatic rings. The Hall–Kier alpha value is -4.98. The van der Waals surface area contributed by atoms with Crippen molar-refractivity contribution >= 4 is 24.0 Å². The van der Waals surface area contributed by atoms with Gasteiger partial charge >= 0.3 is 12.2 Å². The van der Waals surface area contributed by atoms with Crippen molar-refractivity contribution < 1.29 is 55.3 Å². The van der Waals surface area contributed by atoms with E-state index in [0.29, 0.717) is 11.1 Å². The molecule has 0 saturated carbocycles. The predicted octanol–water partition coefficient (Wildman–Crippen LogP) is 3.79. The number of ether oxygens (including phenoxy) is 2. The summed E-state index contributed by atoms with van der Waals surface area (Å²) in [5.74, 6) is -2.67. The van der Waals surface area contributed by atoms with E-state index < -0.39 is 99.8 Å². The van der Waals surface area contributed by atoms with Crippen LogP contribution < -0.4 is 21.4 Å². The maximum absolute atomic E-state index is 14.5. The number of carbonyl (C=O) groups is 4. The minimum Gasteiger partial charge on any atom is -0.453 e. The van der Waals surface area contributed by atoms with Gasteiger partial charge in [-0.15, -0.1) is 0 Å². The fraction of sp³-hybridized carbons (Fsp3) is 0.436. The molecule has 0 bridgehead atoms. The van der Waals surface area contributed by atoms with Crippen molar-refractivity contribution in [2.45, 2.75) is 71.6 Å². The van der Waals surface area contributed by atoms with Gasteiger partial charge in [0.1, 0.15) is 12.1 Å². The largest absolute Gasteiger partial charge is 0.453 e. The van der Waals surface area contributed by atoms with E-state index in [1.165, 1.54) is 13.8 Å². The first kappa shape index (κ1) is 26.7. The SMILES string of the molecule is [2H]C([2H])([2H])OC(=O)N[C@H](C(=O)NN(Cc1ccc(-c2ccccc2)cc1)C[C@H](O)[C@H](Cc1ccccc1)NC(=O)[C@@H](NC(=O)OC)C(C)(C)CO)C(C([2H])([2H])[2H])(C([2H])([2H])[2H])C([2H])([2H])[2H]. The van der Waals surface area contributed by atoms with Crippen LogP contribution in [0, 0.1) is 10.8 Å². The standard InChI is InChI=1S/C39H53N5O8/c1-38(2,3)32(41-36(49)51-6)35(48)43-44(23-27-18-20-29(21-19-27)28-16-12-9-13-17-28)24-31(46)30(22-26-14-10-8-11-15-26)40-34(47)33(39(4,5)25-45)42-37(50)52-7/h8-21,30-33,45-46H,22-25H2,1-7H3,(H,40,47)(H,41,49)(H,42,50)(H,43,48)/t30-,31-,32+,33+/m0/s1/i1D3,2D3,3D3,6D3. The molecule has 0 saturated heterocycles. The number of hydrogen-bond donors (Lipinski definition) is 6. The molecule has 3 aromatic rings. The van der Waals surface area contributed by atoms with Gasteiger partial charge in [0, 0.05) is 30.8 Å². The van der Waals surface area contributed by atoms with Crippen molar-refractivity contribution in [2.24, 2.45) is 10.8 Å². The van der Waals surface area contributed by atoms with E-state index in [1.807, 2.05) is 30.3 Å². The molecular weight excluding hydrogens is 666 g/mol. The van der Waals surface area contributed by atoms with Crippen molar-refractivity contribution in [3.63, 3.8) is 0 Å². The average molecular weight is 732 g/mol. The number of hydrazine groups is 1. The van der Waals surface area contributed by atoms with E-state index in [0.717, 1.165) is 23.2 Å². The molecule has 0 unspecified atom stereocenters. The van der Waals surface area contributed by atoms with E-state index >= 15 is 0 Å². The van der Waals surface area contributed by atoms with Crippen LogP contribution in [0.3, 0.4) is 0 Å². The van der Waals surface area contributed by atoms with Crippen molar-refractivity contribution in [1.82, 2.24) is 26.4 Å². The third-order valence-corrected chi connectivity index (χ3v) is 8.15. The van der Waals surface area contributed by atoms with Gasteiger partial charge < -0.3 is 35.6 Å². The second-order valence-corrected chi connectivity index (χ2v) is 12.8. The number of benzene rings is 3. The van der Waals surface area contributed by atoms with Crippen LogP contribution in [0.5, 0.6) is 0 Å². The number of rotatable bonds is 16. The normalized spacial score (nSPS) is 18.3. The van der Waals surface area contributed by atoms with Gasteiger partial charge in [-0.1, -0.05) is 119 Å². The summed E-state index contributed by atoms with van der Waals surface area (Å²) in [5.41, 5.74) is -0.574. The lowest BCUT2D eigenvalue weighted by atomic mass is 9.84. The number of amides is 4. The Kier molecular flexibility index (Phi) is 9.78. The number of nitrogens with one attached hydrogen (secondary N) is 4. The van der Waals surface area contributed by atoms with Crippen LogP contribution in [0.1, 0.15) is 62.0 Å². The lowest BCUT2D eigenvalue weighted by Gasteiger charge is -2.36. The highest BCUT2D eigenvalue weighted by Crippen LogP contribution is 2.23. The summed E-state index contributed by atoms with van der Waals surface area (Å²) in [6.07, 6.45) is -4.90. The highest BCUT2D eigenvalue weighted by molar-refractivity contribution is 5.87. The molecule has 13 heteroatoms. The van der Waals surface area contributed by atoms with Gasteiger partial charge in [0.05, 0.1) is 37.0 Å². The Morgan fingerprint density at radius 2 is 1.35 bits per heavy atom. The lowest BCUT2D eigenvalue weighted by Crippen LogP contribution is -2.61. The molecule has 4 amide bonds. The average Bonchev–Trinajstić information content (AvgIpc) is 3.17. The molecule has 0 aliphatic carbocycles. The van der Waals surface area contributed by atoms with Crippen LogP contribution in [0.2, 0.25) is 0 Å². The second-order valence-electron chi connectivity index (χ2n) is 12.8. The Morgan fingerprint density at radius 1 is 0.769 bits per heavy atom. The summed E-state index contributed by atoms with van der Waals surface area (Å²) >= 11 is 0. The summed E-state index contributed by atoms with van der Waals surface area (Å²) in [5, 5.41) is 29.7. The molecule has 0 aliphatic heterocycles. The zero-order chi connectivity index (χ0) is 48.5. The first-order chi connectivity index (χ1) is 29.5. The Balaban J connectivity index is 2.21. The molecule has 3 aromatic carbocycles. The van der Waals surface area contributed by atoms with E-state index in [2.05, 4.69) is 25.5 Å². The number of alkyl carbamates (subject to hydrolysis) is 2. The first-order valence-electron chi connectivity index (χ1n) is 22.1. The zero-order valence-corrected chi connectivity index (χ0v) is 29.0. The summed E-state index contributed by atoms with van der Waals surface area (Å²) in [6.45, 7) is -11.0. The zero-order valence-electron chi connectivity index (χ0n) is 41.0. The smallest absolute Gasteiger partial charge is 0.407 e. The monoisotopic (exact) mass is 731 g/mol. The quantitative estimate of drug-likeness (QED) is 0.120. The molecule has 282 valence electrons. The van der Waals surface area contributed by atoms with Gasteiger partial charge in [0.15, 0.2) is 0 Å². The fourth-order valence-corrected chi connectivity index (χ4v) is 5.20.